The molecule has 27 heavy (non-hydrogen) atoms. The van der Waals surface area contributed by atoms with E-state index in [9.17, 15) is 4.79 Å². The van der Waals surface area contributed by atoms with Crippen LogP contribution < -0.4 is 20.5 Å². The summed E-state index contributed by atoms with van der Waals surface area (Å²) < 4.78 is 16.0. The van der Waals surface area contributed by atoms with E-state index in [2.05, 4.69) is 15.3 Å². The van der Waals surface area contributed by atoms with Crippen LogP contribution in [0.15, 0.2) is 29.5 Å². The van der Waals surface area contributed by atoms with Crippen molar-refractivity contribution in [2.45, 2.75) is 12.8 Å². The largest absolute Gasteiger partial charge is 0.493 e. The molecule has 2 heterocycles. The first-order chi connectivity index (χ1) is 12.9. The molecule has 0 saturated heterocycles. The number of nitrogens with two attached hydrogens (primary N) is 1. The number of allylic oxidation sites excluding steroid dienone is 1. The van der Waals surface area contributed by atoms with Gasteiger partial charge in [-0.15, -0.1) is 0 Å². The Balaban J connectivity index is 2.30. The topological polar surface area (TPSA) is 111 Å². The predicted octanol–water partition coefficient (Wildman–Crippen LogP) is 2.74. The van der Waals surface area contributed by atoms with Gasteiger partial charge in [-0.3, -0.25) is 0 Å². The number of carbonyl (C=O) groups is 1. The molecule has 8 nitrogen and oxygen atoms in total. The minimum atomic E-state index is -0.521. The Hall–Kier alpha value is -3.07. The molecule has 0 spiro atoms. The predicted molar refractivity (Wildman–Crippen MR) is 104 cm³/mol. The molecule has 2 aromatic rings. The van der Waals surface area contributed by atoms with E-state index in [1.54, 1.807) is 33.3 Å². The number of aromatic nitrogens is 2. The van der Waals surface area contributed by atoms with Crippen molar-refractivity contribution in [1.29, 1.82) is 0 Å². The van der Waals surface area contributed by atoms with E-state index in [1.165, 1.54) is 7.11 Å². The van der Waals surface area contributed by atoms with Crippen molar-refractivity contribution in [3.63, 3.8) is 0 Å². The fourth-order valence-corrected chi connectivity index (χ4v) is 3.44. The third-order valence-corrected chi connectivity index (χ3v) is 4.63. The van der Waals surface area contributed by atoms with Gasteiger partial charge < -0.3 is 30.2 Å². The lowest BCUT2D eigenvalue weighted by atomic mass is 9.82. The maximum absolute atomic E-state index is 12.6. The van der Waals surface area contributed by atoms with Gasteiger partial charge in [-0.05, 0) is 36.8 Å². The van der Waals surface area contributed by atoms with Crippen molar-refractivity contribution in [3.8, 4) is 11.5 Å². The summed E-state index contributed by atoms with van der Waals surface area (Å²) in [6, 6.07) is 5.42. The van der Waals surface area contributed by atoms with Crippen LogP contribution in [0.4, 0.5) is 11.6 Å². The van der Waals surface area contributed by atoms with Gasteiger partial charge in [0.05, 0.1) is 32.8 Å². The minimum Gasteiger partial charge on any atom is -0.493 e. The number of fused-ring (bicyclic) bond motifs is 1. The number of nitrogens with one attached hydrogen (secondary N) is 2. The van der Waals surface area contributed by atoms with Gasteiger partial charge in [-0.1, -0.05) is 6.07 Å². The molecule has 3 rings (SSSR count). The first kappa shape index (κ1) is 18.7. The number of carbonyl (C=O) groups excluding carboxylic acids is 1. The third-order valence-electron chi connectivity index (χ3n) is 4.43. The maximum Gasteiger partial charge on any atom is 0.336 e. The molecule has 1 aliphatic heterocycles. The summed E-state index contributed by atoms with van der Waals surface area (Å²) in [6.45, 7) is 1.78. The Morgan fingerprint density at radius 1 is 1.22 bits per heavy atom. The molecule has 1 aromatic carbocycles. The van der Waals surface area contributed by atoms with E-state index in [0.29, 0.717) is 40.0 Å². The Bertz CT molecular complexity index is 999. The van der Waals surface area contributed by atoms with Crippen molar-refractivity contribution in [2.24, 2.45) is 0 Å². The second-order valence-corrected chi connectivity index (χ2v) is 6.31. The summed E-state index contributed by atoms with van der Waals surface area (Å²) in [4.78, 5) is 19.7. The van der Waals surface area contributed by atoms with Crippen LogP contribution >= 0.6 is 12.2 Å². The van der Waals surface area contributed by atoms with Crippen LogP contribution in [-0.4, -0.2) is 37.3 Å². The van der Waals surface area contributed by atoms with Crippen molar-refractivity contribution >= 4 is 29.8 Å². The second-order valence-electron chi connectivity index (χ2n) is 5.92. The van der Waals surface area contributed by atoms with E-state index < -0.39 is 11.9 Å². The van der Waals surface area contributed by atoms with Crippen molar-refractivity contribution in [2.75, 3.05) is 32.4 Å². The quantitative estimate of drug-likeness (QED) is 0.541. The zero-order valence-electron chi connectivity index (χ0n) is 15.4. The molecule has 4 N–H and O–H groups in total. The van der Waals surface area contributed by atoms with Gasteiger partial charge in [-0.2, -0.15) is 0 Å². The number of esters is 1. The average molecular weight is 388 g/mol. The van der Waals surface area contributed by atoms with Gasteiger partial charge in [0.25, 0.3) is 0 Å². The highest BCUT2D eigenvalue weighted by molar-refractivity contribution is 7.71. The number of hydrogen-bond acceptors (Lipinski definition) is 8. The Labute approximate surface area is 161 Å². The molecule has 1 unspecified atom stereocenters. The standard InChI is InChI=1S/C18H20N4O4S/c1-8-12(17(23)26-4)13(9-5-6-10(24-2)11(7-9)25-3)14-15(19)21-18(27)22-16(14)20-8/h5-7,13H,1-4H3,(H4,19,20,21,22,27). The van der Waals surface area contributed by atoms with Crippen molar-refractivity contribution in [1.82, 2.24) is 9.97 Å². The average Bonchev–Trinajstić information content (AvgIpc) is 2.65. The van der Waals surface area contributed by atoms with Crippen LogP contribution in [0.3, 0.4) is 0 Å². The Morgan fingerprint density at radius 2 is 1.93 bits per heavy atom. The Kier molecular flexibility index (Phi) is 5.04. The molecule has 9 heteroatoms. The summed E-state index contributed by atoms with van der Waals surface area (Å²) in [5, 5.41) is 3.10. The van der Waals surface area contributed by atoms with Crippen LogP contribution in [0.1, 0.15) is 24.0 Å². The maximum atomic E-state index is 12.6. The minimum absolute atomic E-state index is 0.249. The lowest BCUT2D eigenvalue weighted by Gasteiger charge is -2.30. The number of rotatable bonds is 4. The van der Waals surface area contributed by atoms with Crippen LogP contribution in [-0.2, 0) is 9.53 Å². The molecular weight excluding hydrogens is 368 g/mol. The number of H-pyrrole nitrogens is 1. The summed E-state index contributed by atoms with van der Waals surface area (Å²) >= 11 is 5.12. The summed E-state index contributed by atoms with van der Waals surface area (Å²) in [7, 11) is 4.45. The number of anilines is 2. The molecule has 0 radical (unpaired) electrons. The van der Waals surface area contributed by atoms with Gasteiger partial charge in [0, 0.05) is 11.3 Å². The molecule has 0 fully saturated rings. The fourth-order valence-electron chi connectivity index (χ4n) is 3.24. The highest BCUT2D eigenvalue weighted by atomic mass is 32.1. The number of methoxy groups -OCH3 is 3. The Morgan fingerprint density at radius 3 is 2.56 bits per heavy atom. The van der Waals surface area contributed by atoms with Crippen LogP contribution in [0, 0.1) is 4.77 Å². The second kappa shape index (κ2) is 7.28. The molecule has 0 saturated carbocycles. The smallest absolute Gasteiger partial charge is 0.336 e. The van der Waals surface area contributed by atoms with Crippen molar-refractivity contribution < 1.29 is 19.0 Å². The van der Waals surface area contributed by atoms with E-state index >= 15 is 0 Å². The summed E-state index contributed by atoms with van der Waals surface area (Å²) in [5.74, 6) is 0.953. The number of hydrogen-bond donors (Lipinski definition) is 3. The van der Waals surface area contributed by atoms with Gasteiger partial charge in [0.1, 0.15) is 11.6 Å². The van der Waals surface area contributed by atoms with E-state index in [0.717, 1.165) is 5.56 Å². The SMILES string of the molecule is COC(=O)C1=C(C)Nc2nc(=S)[nH]c(N)c2C1c1ccc(OC)c(OC)c1. The lowest BCUT2D eigenvalue weighted by molar-refractivity contribution is -0.136. The number of ether oxygens (including phenoxy) is 3. The summed E-state index contributed by atoms with van der Waals surface area (Å²) in [6.07, 6.45) is 0. The molecule has 1 aromatic heterocycles. The van der Waals surface area contributed by atoms with E-state index in [-0.39, 0.29) is 4.77 Å². The molecular formula is C18H20N4O4S. The van der Waals surface area contributed by atoms with Crippen LogP contribution in [0.25, 0.3) is 0 Å². The first-order valence-corrected chi connectivity index (χ1v) is 8.49. The molecule has 1 aliphatic rings. The van der Waals surface area contributed by atoms with E-state index in [1.807, 2.05) is 6.07 Å². The van der Waals surface area contributed by atoms with Gasteiger partial charge in [-0.25, -0.2) is 9.78 Å². The number of nitrogen functional groups attached to an aromatic ring is 1. The molecule has 0 bridgehead atoms. The lowest BCUT2D eigenvalue weighted by Crippen LogP contribution is -2.26. The van der Waals surface area contributed by atoms with Crippen LogP contribution in [0.2, 0.25) is 0 Å². The van der Waals surface area contributed by atoms with Crippen molar-refractivity contribution in [3.05, 3.63) is 45.4 Å². The molecule has 1 atom stereocenters. The van der Waals surface area contributed by atoms with E-state index in [4.69, 9.17) is 32.2 Å². The monoisotopic (exact) mass is 388 g/mol. The zero-order chi connectivity index (χ0) is 19.7. The first-order valence-electron chi connectivity index (χ1n) is 8.09. The number of nitrogens with zero attached hydrogens (tertiary/aromatic N) is 1. The molecule has 0 aliphatic carbocycles. The highest BCUT2D eigenvalue weighted by Crippen LogP contribution is 2.45. The van der Waals surface area contributed by atoms with Gasteiger partial charge in [0.15, 0.2) is 16.3 Å². The fraction of sp³-hybridized carbons (Fsp3) is 0.278. The molecule has 142 valence electrons. The number of benzene rings is 1. The van der Waals surface area contributed by atoms with Gasteiger partial charge >= 0.3 is 5.97 Å². The summed E-state index contributed by atoms with van der Waals surface area (Å²) in [5.41, 5.74) is 8.64. The van der Waals surface area contributed by atoms with Crippen LogP contribution in [0.5, 0.6) is 11.5 Å². The zero-order valence-corrected chi connectivity index (χ0v) is 16.2. The highest BCUT2D eigenvalue weighted by Gasteiger charge is 2.36. The van der Waals surface area contributed by atoms with Gasteiger partial charge in [0.2, 0.25) is 0 Å². The normalized spacial score (nSPS) is 15.6. The number of aromatic amines is 1. The molecule has 0 amide bonds. The third kappa shape index (κ3) is 3.21.